The van der Waals surface area contributed by atoms with Gasteiger partial charge in [0.1, 0.15) is 6.10 Å². The molecule has 6 heteroatoms. The molecule has 1 aromatic heterocycles. The maximum Gasteiger partial charge on any atom is 0.316 e. The van der Waals surface area contributed by atoms with Gasteiger partial charge in [0, 0.05) is 19.4 Å². The monoisotopic (exact) mass is 281 g/mol. The van der Waals surface area contributed by atoms with Crippen LogP contribution in [0, 0.1) is 5.92 Å². The quantitative estimate of drug-likeness (QED) is 0.846. The van der Waals surface area contributed by atoms with Crippen LogP contribution in [0.3, 0.4) is 0 Å². The highest BCUT2D eigenvalue weighted by Crippen LogP contribution is 2.33. The van der Waals surface area contributed by atoms with E-state index in [0.717, 1.165) is 13.0 Å². The molecule has 1 atom stereocenters. The number of rotatable bonds is 4. The van der Waals surface area contributed by atoms with Crippen LogP contribution < -0.4 is 4.74 Å². The Morgan fingerprint density at radius 1 is 1.37 bits per heavy atom. The fourth-order valence-corrected chi connectivity index (χ4v) is 2.36. The highest BCUT2D eigenvalue weighted by atomic mass is 35.5. The first-order chi connectivity index (χ1) is 9.20. The lowest BCUT2D eigenvalue weighted by Crippen LogP contribution is -2.31. The second-order valence-corrected chi connectivity index (χ2v) is 5.64. The highest BCUT2D eigenvalue weighted by molar-refractivity contribution is 6.30. The summed E-state index contributed by atoms with van der Waals surface area (Å²) in [6.07, 6.45) is 6.95. The summed E-state index contributed by atoms with van der Waals surface area (Å²) < 4.78 is 5.66. The molecule has 0 N–H and O–H groups in total. The fourth-order valence-electron chi connectivity index (χ4n) is 2.26. The standard InChI is InChI=1S/C13H16ClN3O2/c14-10-6-15-13(16-7-10)19-11-3-4-17(8-11)12(18)5-9-1-2-9/h6-7,9,11H,1-5,8H2. The van der Waals surface area contributed by atoms with Gasteiger partial charge in [0.15, 0.2) is 0 Å². The van der Waals surface area contributed by atoms with Crippen LogP contribution in [0.15, 0.2) is 12.4 Å². The van der Waals surface area contributed by atoms with Crippen LogP contribution in [0.25, 0.3) is 0 Å². The van der Waals surface area contributed by atoms with E-state index in [-0.39, 0.29) is 12.0 Å². The summed E-state index contributed by atoms with van der Waals surface area (Å²) in [6, 6.07) is 0.325. The van der Waals surface area contributed by atoms with Gasteiger partial charge in [-0.25, -0.2) is 9.97 Å². The number of halogens is 1. The van der Waals surface area contributed by atoms with Gasteiger partial charge in [-0.15, -0.1) is 0 Å². The summed E-state index contributed by atoms with van der Waals surface area (Å²) in [7, 11) is 0. The van der Waals surface area contributed by atoms with Gasteiger partial charge in [-0.2, -0.15) is 0 Å². The van der Waals surface area contributed by atoms with E-state index in [1.807, 2.05) is 4.90 Å². The first-order valence-corrected chi connectivity index (χ1v) is 7.00. The maximum absolute atomic E-state index is 12.0. The minimum atomic E-state index is -0.00988. The third-order valence-corrected chi connectivity index (χ3v) is 3.72. The number of nitrogens with zero attached hydrogens (tertiary/aromatic N) is 3. The number of amides is 1. The zero-order chi connectivity index (χ0) is 13.2. The zero-order valence-corrected chi connectivity index (χ0v) is 11.3. The number of ether oxygens (including phenoxy) is 1. The van der Waals surface area contributed by atoms with Gasteiger partial charge in [-0.1, -0.05) is 11.6 Å². The second-order valence-electron chi connectivity index (χ2n) is 5.20. The number of likely N-dealkylation sites (tertiary alicyclic amines) is 1. The number of carbonyl (C=O) groups is 1. The Kier molecular flexibility index (Phi) is 3.55. The van der Waals surface area contributed by atoms with Gasteiger partial charge in [-0.05, 0) is 18.8 Å². The lowest BCUT2D eigenvalue weighted by molar-refractivity contribution is -0.130. The van der Waals surface area contributed by atoms with Gasteiger partial charge in [-0.3, -0.25) is 4.79 Å². The SMILES string of the molecule is O=C(CC1CC1)N1CCC(Oc2ncc(Cl)cn2)C1. The van der Waals surface area contributed by atoms with Crippen LogP contribution in [0.2, 0.25) is 5.02 Å². The average molecular weight is 282 g/mol. The summed E-state index contributed by atoms with van der Waals surface area (Å²) in [6.45, 7) is 1.40. The molecule has 0 bridgehead atoms. The first kappa shape index (κ1) is 12.7. The number of aromatic nitrogens is 2. The van der Waals surface area contributed by atoms with Crippen molar-refractivity contribution in [1.29, 1.82) is 0 Å². The van der Waals surface area contributed by atoms with Crippen molar-refractivity contribution in [2.24, 2.45) is 5.92 Å². The molecule has 0 aromatic carbocycles. The lowest BCUT2D eigenvalue weighted by atomic mass is 10.2. The highest BCUT2D eigenvalue weighted by Gasteiger charge is 2.32. The van der Waals surface area contributed by atoms with Crippen LogP contribution in [0.1, 0.15) is 25.7 Å². The third kappa shape index (κ3) is 3.35. The third-order valence-electron chi connectivity index (χ3n) is 3.53. The van der Waals surface area contributed by atoms with Crippen LogP contribution in [-0.2, 0) is 4.79 Å². The Morgan fingerprint density at radius 2 is 2.11 bits per heavy atom. The van der Waals surface area contributed by atoms with Crippen molar-refractivity contribution in [3.63, 3.8) is 0 Å². The molecule has 2 heterocycles. The molecule has 3 rings (SSSR count). The number of hydrogen-bond acceptors (Lipinski definition) is 4. The molecule has 102 valence electrons. The van der Waals surface area contributed by atoms with Crippen molar-refractivity contribution in [2.75, 3.05) is 13.1 Å². The molecule has 2 fully saturated rings. The minimum absolute atomic E-state index is 0.00988. The maximum atomic E-state index is 12.0. The van der Waals surface area contributed by atoms with Crippen molar-refractivity contribution < 1.29 is 9.53 Å². The Labute approximate surface area is 116 Å². The van der Waals surface area contributed by atoms with Gasteiger partial charge in [0.25, 0.3) is 0 Å². The molecule has 0 spiro atoms. The molecule has 1 saturated carbocycles. The molecular formula is C13H16ClN3O2. The molecule has 0 radical (unpaired) electrons. The Balaban J connectivity index is 1.50. The Hall–Kier alpha value is -1.36. The number of hydrogen-bond donors (Lipinski definition) is 0. The van der Waals surface area contributed by atoms with Crippen LogP contribution >= 0.6 is 11.6 Å². The van der Waals surface area contributed by atoms with Gasteiger partial charge in [0.05, 0.1) is 24.0 Å². The van der Waals surface area contributed by atoms with Crippen LogP contribution in [-0.4, -0.2) is 40.0 Å². The smallest absolute Gasteiger partial charge is 0.316 e. The van der Waals surface area contributed by atoms with Gasteiger partial charge < -0.3 is 9.64 Å². The van der Waals surface area contributed by atoms with E-state index in [0.29, 0.717) is 29.9 Å². The topological polar surface area (TPSA) is 55.3 Å². The fraction of sp³-hybridized carbons (Fsp3) is 0.615. The summed E-state index contributed by atoms with van der Waals surface area (Å²) in [4.78, 5) is 21.9. The van der Waals surface area contributed by atoms with Gasteiger partial charge in [0.2, 0.25) is 5.91 Å². The van der Waals surface area contributed by atoms with Crippen molar-refractivity contribution in [2.45, 2.75) is 31.8 Å². The van der Waals surface area contributed by atoms with Crippen molar-refractivity contribution in [1.82, 2.24) is 14.9 Å². The number of carbonyl (C=O) groups excluding carboxylic acids is 1. The molecule has 2 aliphatic rings. The van der Waals surface area contributed by atoms with E-state index in [2.05, 4.69) is 9.97 Å². The van der Waals surface area contributed by atoms with E-state index in [1.165, 1.54) is 25.2 Å². The van der Waals surface area contributed by atoms with Crippen LogP contribution in [0.5, 0.6) is 6.01 Å². The first-order valence-electron chi connectivity index (χ1n) is 6.62. The van der Waals surface area contributed by atoms with Crippen molar-refractivity contribution >= 4 is 17.5 Å². The Bertz CT molecular complexity index is 461. The molecule has 1 saturated heterocycles. The summed E-state index contributed by atoms with van der Waals surface area (Å²) >= 11 is 5.71. The van der Waals surface area contributed by atoms with Gasteiger partial charge >= 0.3 is 6.01 Å². The molecule has 1 aliphatic heterocycles. The van der Waals surface area contributed by atoms with Crippen LogP contribution in [0.4, 0.5) is 0 Å². The van der Waals surface area contributed by atoms with E-state index >= 15 is 0 Å². The summed E-state index contributed by atoms with van der Waals surface area (Å²) in [5.41, 5.74) is 0. The summed E-state index contributed by atoms with van der Waals surface area (Å²) in [5, 5.41) is 0.486. The average Bonchev–Trinajstić information content (AvgIpc) is 3.08. The van der Waals surface area contributed by atoms with Crippen molar-refractivity contribution in [3.05, 3.63) is 17.4 Å². The van der Waals surface area contributed by atoms with E-state index in [9.17, 15) is 4.79 Å². The predicted octanol–water partition coefficient (Wildman–Crippen LogP) is 1.91. The molecule has 1 aliphatic carbocycles. The summed E-state index contributed by atoms with van der Waals surface area (Å²) in [5.74, 6) is 0.887. The lowest BCUT2D eigenvalue weighted by Gasteiger charge is -2.16. The van der Waals surface area contributed by atoms with Crippen molar-refractivity contribution in [3.8, 4) is 6.01 Å². The molecule has 1 unspecified atom stereocenters. The van der Waals surface area contributed by atoms with E-state index < -0.39 is 0 Å². The molecule has 1 amide bonds. The largest absolute Gasteiger partial charge is 0.458 e. The minimum Gasteiger partial charge on any atom is -0.458 e. The Morgan fingerprint density at radius 3 is 2.79 bits per heavy atom. The predicted molar refractivity (Wildman–Crippen MR) is 70.0 cm³/mol. The normalized spacial score (nSPS) is 22.6. The molecule has 19 heavy (non-hydrogen) atoms. The second kappa shape index (κ2) is 5.33. The zero-order valence-electron chi connectivity index (χ0n) is 10.6. The molecule has 5 nitrogen and oxygen atoms in total. The van der Waals surface area contributed by atoms with E-state index in [1.54, 1.807) is 0 Å². The van der Waals surface area contributed by atoms with E-state index in [4.69, 9.17) is 16.3 Å². The molecule has 1 aromatic rings. The molecular weight excluding hydrogens is 266 g/mol.